The number of hydrogen-bond acceptors (Lipinski definition) is 5. The maximum absolute atomic E-state index is 12.8. The molecule has 4 rings (SSSR count). The lowest BCUT2D eigenvalue weighted by Gasteiger charge is -2.12. The lowest BCUT2D eigenvalue weighted by atomic mass is 10.2. The van der Waals surface area contributed by atoms with Crippen molar-refractivity contribution in [3.63, 3.8) is 0 Å². The number of amides is 1. The van der Waals surface area contributed by atoms with Gasteiger partial charge in [-0.25, -0.2) is 4.68 Å². The van der Waals surface area contributed by atoms with Crippen molar-refractivity contribution < 1.29 is 14.3 Å². The van der Waals surface area contributed by atoms with E-state index < -0.39 is 5.91 Å². The van der Waals surface area contributed by atoms with Crippen LogP contribution in [0.5, 0.6) is 11.5 Å². The molecule has 0 saturated heterocycles. The minimum Gasteiger partial charge on any atom is -0.497 e. The van der Waals surface area contributed by atoms with E-state index in [0.717, 1.165) is 21.0 Å². The fourth-order valence-electron chi connectivity index (χ4n) is 3.13. The minimum atomic E-state index is -0.406. The Morgan fingerprint density at radius 3 is 2.75 bits per heavy atom. The van der Waals surface area contributed by atoms with Crippen LogP contribution >= 0.6 is 0 Å². The summed E-state index contributed by atoms with van der Waals surface area (Å²) in [5.41, 5.74) is 1.36. The molecule has 0 atom stereocenters. The van der Waals surface area contributed by atoms with Gasteiger partial charge in [0.25, 0.3) is 5.56 Å². The lowest BCUT2D eigenvalue weighted by molar-refractivity contribution is -0.117. The molecule has 0 aliphatic rings. The topological polar surface area (TPSA) is 98.2 Å². The van der Waals surface area contributed by atoms with Crippen LogP contribution in [0, 0.1) is 0 Å². The zero-order valence-corrected chi connectivity index (χ0v) is 15.4. The molecule has 0 saturated carbocycles. The van der Waals surface area contributed by atoms with Crippen LogP contribution in [-0.4, -0.2) is 34.9 Å². The highest BCUT2D eigenvalue weighted by Crippen LogP contribution is 2.28. The van der Waals surface area contributed by atoms with Crippen molar-refractivity contribution in [2.45, 2.75) is 6.54 Å². The van der Waals surface area contributed by atoms with Gasteiger partial charge in [0.15, 0.2) is 0 Å². The van der Waals surface area contributed by atoms with Gasteiger partial charge in [0.1, 0.15) is 23.6 Å². The summed E-state index contributed by atoms with van der Waals surface area (Å²) in [5, 5.41) is 8.53. The Morgan fingerprint density at radius 2 is 1.96 bits per heavy atom. The maximum Gasteiger partial charge on any atom is 0.291 e. The van der Waals surface area contributed by atoms with Gasteiger partial charge in [0.05, 0.1) is 26.1 Å². The number of aromatic nitrogens is 3. The summed E-state index contributed by atoms with van der Waals surface area (Å²) in [6.07, 6.45) is 1.59. The number of H-pyrrole nitrogens is 1. The molecule has 0 fully saturated rings. The zero-order valence-electron chi connectivity index (χ0n) is 15.4. The first-order valence-corrected chi connectivity index (χ1v) is 8.59. The molecular formula is C20H18N4O4. The number of para-hydroxylation sites is 1. The first-order valence-electron chi connectivity index (χ1n) is 8.59. The van der Waals surface area contributed by atoms with Crippen LogP contribution in [0.25, 0.3) is 21.8 Å². The molecule has 4 aromatic rings. The van der Waals surface area contributed by atoms with E-state index in [-0.39, 0.29) is 12.1 Å². The molecule has 8 nitrogen and oxygen atoms in total. The van der Waals surface area contributed by atoms with Crippen molar-refractivity contribution in [3.8, 4) is 11.5 Å². The summed E-state index contributed by atoms with van der Waals surface area (Å²) in [6, 6.07) is 12.7. The molecular weight excluding hydrogens is 360 g/mol. The second-order valence-electron chi connectivity index (χ2n) is 6.18. The van der Waals surface area contributed by atoms with Crippen molar-refractivity contribution in [1.82, 2.24) is 14.8 Å². The molecule has 0 aliphatic heterocycles. The van der Waals surface area contributed by atoms with E-state index in [1.54, 1.807) is 24.4 Å². The summed E-state index contributed by atoms with van der Waals surface area (Å²) in [7, 11) is 3.04. The van der Waals surface area contributed by atoms with E-state index in [4.69, 9.17) is 9.47 Å². The molecule has 2 N–H and O–H groups in total. The third-order valence-electron chi connectivity index (χ3n) is 4.49. The van der Waals surface area contributed by atoms with Gasteiger partial charge >= 0.3 is 0 Å². The van der Waals surface area contributed by atoms with E-state index in [0.29, 0.717) is 22.7 Å². The van der Waals surface area contributed by atoms with E-state index in [1.807, 2.05) is 24.3 Å². The van der Waals surface area contributed by atoms with Gasteiger partial charge < -0.3 is 19.8 Å². The normalized spacial score (nSPS) is 10.9. The summed E-state index contributed by atoms with van der Waals surface area (Å²) in [5.74, 6) is 0.656. The number of rotatable bonds is 5. The van der Waals surface area contributed by atoms with E-state index in [1.165, 1.54) is 14.2 Å². The van der Waals surface area contributed by atoms with Gasteiger partial charge in [-0.2, -0.15) is 5.10 Å². The number of nitrogens with one attached hydrogen (secondary N) is 2. The third kappa shape index (κ3) is 3.05. The Hall–Kier alpha value is -3.81. The number of carbonyl (C=O) groups excluding carboxylic acids is 1. The highest BCUT2D eigenvalue weighted by Gasteiger charge is 2.14. The van der Waals surface area contributed by atoms with Crippen molar-refractivity contribution in [2.75, 3.05) is 19.5 Å². The van der Waals surface area contributed by atoms with Gasteiger partial charge in [-0.15, -0.1) is 0 Å². The van der Waals surface area contributed by atoms with Gasteiger partial charge in [0, 0.05) is 22.4 Å². The molecule has 0 unspecified atom stereocenters. The number of ether oxygens (including phenoxy) is 2. The summed E-state index contributed by atoms with van der Waals surface area (Å²) >= 11 is 0. The summed E-state index contributed by atoms with van der Waals surface area (Å²) in [6.45, 7) is -0.232. The predicted molar refractivity (Wildman–Crippen MR) is 106 cm³/mol. The van der Waals surface area contributed by atoms with E-state index in [9.17, 15) is 9.59 Å². The van der Waals surface area contributed by atoms with E-state index >= 15 is 0 Å². The standard InChI is InChI=1S/C20H18N4O4/c1-27-12-7-8-17(28-2)16(9-12)22-18(25)11-24-20(26)19-14(10-21-24)13-5-3-4-6-15(13)23-19/h3-10,23H,11H2,1-2H3,(H,22,25). The van der Waals surface area contributed by atoms with Crippen molar-refractivity contribution in [3.05, 3.63) is 59.0 Å². The monoisotopic (exact) mass is 378 g/mol. The summed E-state index contributed by atoms with van der Waals surface area (Å²) in [4.78, 5) is 28.3. The molecule has 142 valence electrons. The van der Waals surface area contributed by atoms with Gasteiger partial charge in [-0.3, -0.25) is 9.59 Å². The Kier molecular flexibility index (Phi) is 4.44. The molecule has 28 heavy (non-hydrogen) atoms. The minimum absolute atomic E-state index is 0.232. The van der Waals surface area contributed by atoms with Gasteiger partial charge in [0.2, 0.25) is 5.91 Å². The molecule has 8 heteroatoms. The Labute approximate surface area is 159 Å². The van der Waals surface area contributed by atoms with Crippen LogP contribution in [0.1, 0.15) is 0 Å². The molecule has 2 aromatic carbocycles. The van der Waals surface area contributed by atoms with Crippen LogP contribution in [0.4, 0.5) is 5.69 Å². The second-order valence-corrected chi connectivity index (χ2v) is 6.18. The highest BCUT2D eigenvalue weighted by atomic mass is 16.5. The number of hydrogen-bond donors (Lipinski definition) is 2. The highest BCUT2D eigenvalue weighted by molar-refractivity contribution is 6.06. The SMILES string of the molecule is COc1ccc(OC)c(NC(=O)Cn2ncc3c([nH]c4ccccc43)c2=O)c1. The van der Waals surface area contributed by atoms with Crippen molar-refractivity contribution >= 4 is 33.4 Å². The first kappa shape index (κ1) is 17.6. The number of fused-ring (bicyclic) bond motifs is 3. The molecule has 0 bridgehead atoms. The van der Waals surface area contributed by atoms with E-state index in [2.05, 4.69) is 15.4 Å². The average molecular weight is 378 g/mol. The summed E-state index contributed by atoms with van der Waals surface area (Å²) < 4.78 is 11.5. The Balaban J connectivity index is 1.63. The lowest BCUT2D eigenvalue weighted by Crippen LogP contribution is -2.29. The number of aromatic amines is 1. The van der Waals surface area contributed by atoms with Crippen LogP contribution in [0.15, 0.2) is 53.5 Å². The number of carbonyl (C=O) groups is 1. The molecule has 0 aliphatic carbocycles. The van der Waals surface area contributed by atoms with Crippen LogP contribution < -0.4 is 20.3 Å². The molecule has 2 heterocycles. The average Bonchev–Trinajstić information content (AvgIpc) is 3.09. The number of methoxy groups -OCH3 is 2. The smallest absolute Gasteiger partial charge is 0.291 e. The zero-order chi connectivity index (χ0) is 19.7. The third-order valence-corrected chi connectivity index (χ3v) is 4.49. The van der Waals surface area contributed by atoms with Crippen molar-refractivity contribution in [2.24, 2.45) is 0 Å². The Bertz CT molecular complexity index is 1240. The molecule has 1 amide bonds. The number of anilines is 1. The maximum atomic E-state index is 12.8. The van der Waals surface area contributed by atoms with Crippen LogP contribution in [-0.2, 0) is 11.3 Å². The van der Waals surface area contributed by atoms with Crippen LogP contribution in [0.3, 0.4) is 0 Å². The molecule has 0 spiro atoms. The van der Waals surface area contributed by atoms with Crippen molar-refractivity contribution in [1.29, 1.82) is 0 Å². The largest absolute Gasteiger partial charge is 0.497 e. The van der Waals surface area contributed by atoms with Crippen LogP contribution in [0.2, 0.25) is 0 Å². The fourth-order valence-corrected chi connectivity index (χ4v) is 3.13. The number of benzene rings is 2. The van der Waals surface area contributed by atoms with Gasteiger partial charge in [-0.05, 0) is 18.2 Å². The van der Waals surface area contributed by atoms with Gasteiger partial charge in [-0.1, -0.05) is 18.2 Å². The fraction of sp³-hybridized carbons (Fsp3) is 0.150. The predicted octanol–water partition coefficient (Wildman–Crippen LogP) is 2.53. The quantitative estimate of drug-likeness (QED) is 0.556. The molecule has 2 aromatic heterocycles. The Morgan fingerprint density at radius 1 is 1.14 bits per heavy atom. The first-order chi connectivity index (χ1) is 13.6. The second kappa shape index (κ2) is 7.07. The molecule has 0 radical (unpaired) electrons. The number of nitrogens with zero attached hydrogens (tertiary/aromatic N) is 2.